The molecule has 7 heteroatoms. The van der Waals surface area contributed by atoms with Crippen LogP contribution in [-0.4, -0.2) is 20.9 Å². The summed E-state index contributed by atoms with van der Waals surface area (Å²) in [5.74, 6) is -2.58. The first-order chi connectivity index (χ1) is 8.40. The lowest BCUT2D eigenvalue weighted by atomic mass is 10.3. The summed E-state index contributed by atoms with van der Waals surface area (Å²) in [6.45, 7) is 1.53. The molecule has 1 heterocycles. The highest BCUT2D eigenvalue weighted by molar-refractivity contribution is 9.10. The average molecular weight is 317 g/mol. The number of benzene rings is 1. The molecule has 18 heavy (non-hydrogen) atoms. The molecule has 0 fully saturated rings. The van der Waals surface area contributed by atoms with Gasteiger partial charge < -0.3 is 5.11 Å². The summed E-state index contributed by atoms with van der Waals surface area (Å²) in [7, 11) is 0. The lowest BCUT2D eigenvalue weighted by Gasteiger charge is -2.04. The highest BCUT2D eigenvalue weighted by Gasteiger charge is 2.16. The lowest BCUT2D eigenvalue weighted by molar-refractivity contribution is 0.0689. The molecule has 0 atom stereocenters. The number of hydrogen-bond donors (Lipinski definition) is 1. The zero-order valence-electron chi connectivity index (χ0n) is 9.12. The summed E-state index contributed by atoms with van der Waals surface area (Å²) >= 11 is 2.86. The molecule has 1 N–H and O–H groups in total. The van der Waals surface area contributed by atoms with Crippen LogP contribution in [0, 0.1) is 18.6 Å². The van der Waals surface area contributed by atoms with E-state index in [0.717, 1.165) is 16.8 Å². The largest absolute Gasteiger partial charge is 0.476 e. The van der Waals surface area contributed by atoms with Crippen molar-refractivity contribution in [3.8, 4) is 5.69 Å². The van der Waals surface area contributed by atoms with E-state index in [1.165, 1.54) is 13.1 Å². The molecule has 1 aromatic heterocycles. The van der Waals surface area contributed by atoms with Crippen LogP contribution in [0.25, 0.3) is 5.69 Å². The molecule has 0 aliphatic rings. The van der Waals surface area contributed by atoms with E-state index in [1.807, 2.05) is 0 Å². The van der Waals surface area contributed by atoms with Crippen LogP contribution >= 0.6 is 15.9 Å². The van der Waals surface area contributed by atoms with Crippen molar-refractivity contribution in [1.29, 1.82) is 0 Å². The first-order valence-corrected chi connectivity index (χ1v) is 5.64. The average Bonchev–Trinajstić information content (AvgIpc) is 2.65. The SMILES string of the molecule is Cc1cn(-c2cc(F)c(Br)cc2F)nc1C(=O)O. The van der Waals surface area contributed by atoms with Gasteiger partial charge in [-0.2, -0.15) is 5.10 Å². The number of aromatic carboxylic acids is 1. The van der Waals surface area contributed by atoms with Gasteiger partial charge in [-0.05, 0) is 28.9 Å². The number of carboxylic acids is 1. The lowest BCUT2D eigenvalue weighted by Crippen LogP contribution is -2.03. The van der Waals surface area contributed by atoms with E-state index in [-0.39, 0.29) is 15.9 Å². The zero-order chi connectivity index (χ0) is 13.4. The molecular weight excluding hydrogens is 310 g/mol. The fourth-order valence-corrected chi connectivity index (χ4v) is 1.80. The molecular formula is C11H7BrF2N2O2. The summed E-state index contributed by atoms with van der Waals surface area (Å²) in [5.41, 5.74) is 0.0225. The van der Waals surface area contributed by atoms with Gasteiger partial charge in [0.1, 0.15) is 17.3 Å². The van der Waals surface area contributed by atoms with Gasteiger partial charge in [-0.1, -0.05) is 0 Å². The zero-order valence-corrected chi connectivity index (χ0v) is 10.7. The summed E-state index contributed by atoms with van der Waals surface area (Å²) in [5, 5.41) is 12.5. The Balaban J connectivity index is 2.59. The molecule has 0 saturated heterocycles. The normalized spacial score (nSPS) is 10.7. The molecule has 0 unspecified atom stereocenters. The highest BCUT2D eigenvalue weighted by atomic mass is 79.9. The Morgan fingerprint density at radius 3 is 2.61 bits per heavy atom. The minimum atomic E-state index is -1.22. The van der Waals surface area contributed by atoms with Gasteiger partial charge in [0, 0.05) is 17.8 Å². The third kappa shape index (κ3) is 2.13. The summed E-state index contributed by atoms with van der Waals surface area (Å²) in [6, 6.07) is 1.90. The molecule has 0 bridgehead atoms. The van der Waals surface area contributed by atoms with E-state index >= 15 is 0 Å². The summed E-state index contributed by atoms with van der Waals surface area (Å²) in [6.07, 6.45) is 1.33. The van der Waals surface area contributed by atoms with Crippen LogP contribution < -0.4 is 0 Å². The first-order valence-electron chi connectivity index (χ1n) is 4.84. The maximum Gasteiger partial charge on any atom is 0.356 e. The van der Waals surface area contributed by atoms with Gasteiger partial charge in [-0.25, -0.2) is 18.3 Å². The molecule has 0 aliphatic heterocycles. The fraction of sp³-hybridized carbons (Fsp3) is 0.0909. The monoisotopic (exact) mass is 316 g/mol. The number of halogens is 3. The number of nitrogens with zero attached hydrogens (tertiary/aromatic N) is 2. The van der Waals surface area contributed by atoms with Crippen LogP contribution in [0.5, 0.6) is 0 Å². The van der Waals surface area contributed by atoms with E-state index in [1.54, 1.807) is 0 Å². The van der Waals surface area contributed by atoms with Crippen molar-refractivity contribution in [1.82, 2.24) is 9.78 Å². The molecule has 4 nitrogen and oxygen atoms in total. The van der Waals surface area contributed by atoms with Crippen molar-refractivity contribution in [3.05, 3.63) is 45.7 Å². The Hall–Kier alpha value is -1.76. The van der Waals surface area contributed by atoms with Crippen molar-refractivity contribution in [2.75, 3.05) is 0 Å². The van der Waals surface area contributed by atoms with Gasteiger partial charge in [0.2, 0.25) is 0 Å². The minimum absolute atomic E-state index is 0.00825. The van der Waals surface area contributed by atoms with Crippen molar-refractivity contribution in [2.24, 2.45) is 0 Å². The molecule has 94 valence electrons. The Bertz CT molecular complexity index is 640. The summed E-state index contributed by atoms with van der Waals surface area (Å²) in [4.78, 5) is 10.8. The van der Waals surface area contributed by atoms with Crippen LogP contribution in [0.4, 0.5) is 8.78 Å². The quantitative estimate of drug-likeness (QED) is 0.867. The molecule has 0 spiro atoms. The fourth-order valence-electron chi connectivity index (χ4n) is 1.48. The van der Waals surface area contributed by atoms with Gasteiger partial charge in [-0.15, -0.1) is 0 Å². The standard InChI is InChI=1S/C11H7BrF2N2O2/c1-5-4-16(15-10(5)11(17)18)9-3-7(13)6(12)2-8(9)14/h2-4H,1H3,(H,17,18). The maximum atomic E-state index is 13.7. The van der Waals surface area contributed by atoms with Crippen molar-refractivity contribution >= 4 is 21.9 Å². The predicted molar refractivity (Wildman–Crippen MR) is 62.9 cm³/mol. The minimum Gasteiger partial charge on any atom is -0.476 e. The van der Waals surface area contributed by atoms with Crippen LogP contribution in [-0.2, 0) is 0 Å². The molecule has 0 aliphatic carbocycles. The highest BCUT2D eigenvalue weighted by Crippen LogP contribution is 2.23. The molecule has 1 aromatic carbocycles. The predicted octanol–water partition coefficient (Wildman–Crippen LogP) is 2.92. The molecule has 2 aromatic rings. The van der Waals surface area contributed by atoms with E-state index in [2.05, 4.69) is 21.0 Å². The van der Waals surface area contributed by atoms with Gasteiger partial charge in [0.15, 0.2) is 5.69 Å². The Morgan fingerprint density at radius 1 is 1.39 bits per heavy atom. The number of rotatable bonds is 2. The van der Waals surface area contributed by atoms with E-state index in [0.29, 0.717) is 5.56 Å². The van der Waals surface area contributed by atoms with Crippen LogP contribution in [0.1, 0.15) is 16.1 Å². The Morgan fingerprint density at radius 2 is 2.06 bits per heavy atom. The Labute approximate surface area is 109 Å². The number of carbonyl (C=O) groups is 1. The van der Waals surface area contributed by atoms with Gasteiger partial charge in [-0.3, -0.25) is 0 Å². The van der Waals surface area contributed by atoms with E-state index in [9.17, 15) is 13.6 Å². The molecule has 0 saturated carbocycles. The second-order valence-electron chi connectivity index (χ2n) is 3.63. The Kier molecular flexibility index (Phi) is 3.16. The second kappa shape index (κ2) is 4.49. The topological polar surface area (TPSA) is 55.1 Å². The molecule has 0 radical (unpaired) electrons. The second-order valence-corrected chi connectivity index (χ2v) is 4.48. The van der Waals surface area contributed by atoms with Gasteiger partial charge in [0.05, 0.1) is 4.47 Å². The third-order valence-corrected chi connectivity index (χ3v) is 2.94. The van der Waals surface area contributed by atoms with Crippen molar-refractivity contribution < 1.29 is 18.7 Å². The van der Waals surface area contributed by atoms with Gasteiger partial charge >= 0.3 is 5.97 Å². The number of hydrogen-bond acceptors (Lipinski definition) is 2. The van der Waals surface area contributed by atoms with Crippen LogP contribution in [0.3, 0.4) is 0 Å². The van der Waals surface area contributed by atoms with E-state index < -0.39 is 17.6 Å². The van der Waals surface area contributed by atoms with Crippen LogP contribution in [0.2, 0.25) is 0 Å². The first kappa shape index (κ1) is 12.7. The number of aromatic nitrogens is 2. The van der Waals surface area contributed by atoms with Crippen LogP contribution in [0.15, 0.2) is 22.8 Å². The summed E-state index contributed by atoms with van der Waals surface area (Å²) < 4.78 is 28.0. The number of aryl methyl sites for hydroxylation is 1. The number of carboxylic acid groups (broad SMARTS) is 1. The third-order valence-electron chi connectivity index (χ3n) is 2.34. The molecule has 2 rings (SSSR count). The maximum absolute atomic E-state index is 13.7. The van der Waals surface area contributed by atoms with Crippen molar-refractivity contribution in [3.63, 3.8) is 0 Å². The van der Waals surface area contributed by atoms with Crippen molar-refractivity contribution in [2.45, 2.75) is 6.92 Å². The smallest absolute Gasteiger partial charge is 0.356 e. The van der Waals surface area contributed by atoms with E-state index in [4.69, 9.17) is 5.11 Å². The molecule has 0 amide bonds. The van der Waals surface area contributed by atoms with Gasteiger partial charge in [0.25, 0.3) is 0 Å².